The number of esters is 1. The highest BCUT2D eigenvalue weighted by Gasteiger charge is 2.27. The normalized spacial score (nSPS) is 12.0. The Morgan fingerprint density at radius 3 is 2.66 bits per heavy atom. The smallest absolute Gasteiger partial charge is 0.340 e. The molecule has 0 amide bonds. The van der Waals surface area contributed by atoms with Crippen LogP contribution >= 0.6 is 11.8 Å². The van der Waals surface area contributed by atoms with Gasteiger partial charge in [-0.1, -0.05) is 30.0 Å². The highest BCUT2D eigenvalue weighted by molar-refractivity contribution is 8.00. The van der Waals surface area contributed by atoms with Gasteiger partial charge >= 0.3 is 5.97 Å². The third-order valence-corrected chi connectivity index (χ3v) is 5.76. The van der Waals surface area contributed by atoms with E-state index in [1.807, 2.05) is 42.7 Å². The average molecular weight is 413 g/mol. The van der Waals surface area contributed by atoms with E-state index in [9.17, 15) is 9.59 Å². The molecule has 0 aliphatic carbocycles. The first-order valence-electron chi connectivity index (χ1n) is 9.38. The number of thioether (sulfide) groups is 1. The van der Waals surface area contributed by atoms with E-state index in [0.29, 0.717) is 27.7 Å². The summed E-state index contributed by atoms with van der Waals surface area (Å²) < 4.78 is 6.98. The number of hydrogen-bond donors (Lipinski definition) is 1. The molecule has 0 fully saturated rings. The largest absolute Gasteiger partial charge is 0.462 e. The molecule has 3 aromatic rings. The molecule has 2 heterocycles. The zero-order valence-corrected chi connectivity index (χ0v) is 18.0. The molecule has 0 aliphatic heterocycles. The SMILES string of the molecule is CCOC(=O)c1c(C)[nH]c(C(=O)[C@H](C)Sc2nncn2-c2ccccc2C)c1C. The minimum atomic E-state index is -0.422. The van der Waals surface area contributed by atoms with Crippen molar-refractivity contribution < 1.29 is 14.3 Å². The molecule has 0 spiro atoms. The number of aromatic amines is 1. The molecule has 8 heteroatoms. The first kappa shape index (κ1) is 20.9. The number of H-pyrrole nitrogens is 1. The fourth-order valence-corrected chi connectivity index (χ4v) is 4.12. The number of aryl methyl sites for hydroxylation is 2. The summed E-state index contributed by atoms with van der Waals surface area (Å²) in [5, 5.41) is 8.41. The number of carbonyl (C=O) groups excluding carboxylic acids is 2. The number of ether oxygens (including phenoxy) is 1. The van der Waals surface area contributed by atoms with E-state index in [1.165, 1.54) is 11.8 Å². The molecule has 7 nitrogen and oxygen atoms in total. The first-order valence-corrected chi connectivity index (χ1v) is 10.3. The second-order valence-electron chi connectivity index (χ2n) is 6.74. The average Bonchev–Trinajstić information content (AvgIpc) is 3.25. The molecule has 0 aliphatic rings. The molecule has 1 N–H and O–H groups in total. The number of para-hydroxylation sites is 1. The summed E-state index contributed by atoms with van der Waals surface area (Å²) >= 11 is 1.33. The summed E-state index contributed by atoms with van der Waals surface area (Å²) in [5.74, 6) is -0.525. The minimum Gasteiger partial charge on any atom is -0.462 e. The second-order valence-corrected chi connectivity index (χ2v) is 8.05. The van der Waals surface area contributed by atoms with Crippen molar-refractivity contribution in [1.82, 2.24) is 19.7 Å². The van der Waals surface area contributed by atoms with Crippen LogP contribution in [0.4, 0.5) is 0 Å². The van der Waals surface area contributed by atoms with Crippen LogP contribution in [-0.2, 0) is 4.74 Å². The molecule has 0 radical (unpaired) electrons. The predicted octanol–water partition coefficient (Wildman–Crippen LogP) is 4.06. The summed E-state index contributed by atoms with van der Waals surface area (Å²) in [7, 11) is 0. The molecule has 1 aromatic carbocycles. The Morgan fingerprint density at radius 2 is 1.97 bits per heavy atom. The van der Waals surface area contributed by atoms with Gasteiger partial charge in [0, 0.05) is 5.69 Å². The van der Waals surface area contributed by atoms with Gasteiger partial charge in [-0.15, -0.1) is 10.2 Å². The second kappa shape index (κ2) is 8.65. The summed E-state index contributed by atoms with van der Waals surface area (Å²) in [6.07, 6.45) is 1.64. The number of carbonyl (C=O) groups is 2. The van der Waals surface area contributed by atoms with Crippen LogP contribution in [0.2, 0.25) is 0 Å². The number of aromatic nitrogens is 4. The lowest BCUT2D eigenvalue weighted by atomic mass is 10.1. The fraction of sp³-hybridized carbons (Fsp3) is 0.333. The van der Waals surface area contributed by atoms with E-state index < -0.39 is 11.2 Å². The van der Waals surface area contributed by atoms with Crippen LogP contribution in [-0.4, -0.2) is 43.4 Å². The Kier molecular flexibility index (Phi) is 6.22. The van der Waals surface area contributed by atoms with E-state index in [0.717, 1.165) is 11.3 Å². The monoisotopic (exact) mass is 412 g/mol. The van der Waals surface area contributed by atoms with E-state index in [-0.39, 0.29) is 12.4 Å². The molecule has 152 valence electrons. The molecule has 0 saturated carbocycles. The van der Waals surface area contributed by atoms with Crippen molar-refractivity contribution in [3.63, 3.8) is 0 Å². The van der Waals surface area contributed by atoms with Crippen molar-refractivity contribution in [2.45, 2.75) is 45.0 Å². The standard InChI is InChI=1S/C21H24N4O3S/c1-6-28-20(27)17-13(3)18(23-14(17)4)19(26)15(5)29-21-24-22-11-25(21)16-10-8-7-9-12(16)2/h7-11,15,23H,6H2,1-5H3/t15-/m0/s1. The van der Waals surface area contributed by atoms with Crippen molar-refractivity contribution in [3.05, 3.63) is 58.7 Å². The molecule has 2 aromatic heterocycles. The molecule has 1 atom stereocenters. The lowest BCUT2D eigenvalue weighted by Gasteiger charge is -2.12. The predicted molar refractivity (Wildman–Crippen MR) is 112 cm³/mol. The Morgan fingerprint density at radius 1 is 1.24 bits per heavy atom. The van der Waals surface area contributed by atoms with Crippen molar-refractivity contribution >= 4 is 23.5 Å². The highest BCUT2D eigenvalue weighted by atomic mass is 32.2. The molecule has 3 rings (SSSR count). The van der Waals surface area contributed by atoms with E-state index in [4.69, 9.17) is 4.74 Å². The Bertz CT molecular complexity index is 1050. The summed E-state index contributed by atoms with van der Waals surface area (Å²) in [6.45, 7) is 9.40. The lowest BCUT2D eigenvalue weighted by molar-refractivity contribution is 0.0525. The van der Waals surface area contributed by atoms with Gasteiger partial charge in [0.05, 0.1) is 28.8 Å². The van der Waals surface area contributed by atoms with Crippen LogP contribution in [0.3, 0.4) is 0 Å². The highest BCUT2D eigenvalue weighted by Crippen LogP contribution is 2.29. The van der Waals surface area contributed by atoms with Crippen LogP contribution < -0.4 is 0 Å². The van der Waals surface area contributed by atoms with Gasteiger partial charge in [0.2, 0.25) is 0 Å². The third-order valence-electron chi connectivity index (χ3n) is 4.71. The van der Waals surface area contributed by atoms with Crippen LogP contribution in [0.25, 0.3) is 5.69 Å². The molecule has 0 saturated heterocycles. The fourth-order valence-electron chi connectivity index (χ4n) is 3.22. The quantitative estimate of drug-likeness (QED) is 0.358. The van der Waals surface area contributed by atoms with Crippen LogP contribution in [0, 0.1) is 20.8 Å². The minimum absolute atomic E-state index is 0.106. The van der Waals surface area contributed by atoms with E-state index in [2.05, 4.69) is 15.2 Å². The van der Waals surface area contributed by atoms with Gasteiger partial charge in [-0.05, 0) is 51.8 Å². The van der Waals surface area contributed by atoms with Gasteiger partial charge in [0.25, 0.3) is 0 Å². The number of ketones is 1. The van der Waals surface area contributed by atoms with Gasteiger partial charge in [0.1, 0.15) is 6.33 Å². The topological polar surface area (TPSA) is 89.9 Å². The van der Waals surface area contributed by atoms with Crippen molar-refractivity contribution in [3.8, 4) is 5.69 Å². The molecule has 0 bridgehead atoms. The maximum Gasteiger partial charge on any atom is 0.340 e. The first-order chi connectivity index (χ1) is 13.8. The molecule has 0 unspecified atom stereocenters. The van der Waals surface area contributed by atoms with Crippen LogP contribution in [0.15, 0.2) is 35.7 Å². The van der Waals surface area contributed by atoms with Gasteiger partial charge in [-0.2, -0.15) is 0 Å². The van der Waals surface area contributed by atoms with Crippen LogP contribution in [0.5, 0.6) is 0 Å². The van der Waals surface area contributed by atoms with Crippen molar-refractivity contribution in [2.75, 3.05) is 6.61 Å². The van der Waals surface area contributed by atoms with E-state index >= 15 is 0 Å². The number of hydrogen-bond acceptors (Lipinski definition) is 6. The lowest BCUT2D eigenvalue weighted by Crippen LogP contribution is -2.16. The summed E-state index contributed by atoms with van der Waals surface area (Å²) in [4.78, 5) is 28.4. The van der Waals surface area contributed by atoms with Gasteiger partial charge in [-0.25, -0.2) is 4.79 Å². The number of rotatable bonds is 7. The van der Waals surface area contributed by atoms with Crippen molar-refractivity contribution in [2.24, 2.45) is 0 Å². The number of benzene rings is 1. The van der Waals surface area contributed by atoms with E-state index in [1.54, 1.807) is 27.1 Å². The zero-order valence-electron chi connectivity index (χ0n) is 17.1. The number of Topliss-reactive ketones (excluding diaryl/α,β-unsaturated/α-hetero) is 1. The Hall–Kier alpha value is -2.87. The number of nitrogens with zero attached hydrogens (tertiary/aromatic N) is 3. The maximum absolute atomic E-state index is 13.1. The van der Waals surface area contributed by atoms with Gasteiger partial charge in [0.15, 0.2) is 10.9 Å². The molecule has 29 heavy (non-hydrogen) atoms. The maximum atomic E-state index is 13.1. The third kappa shape index (κ3) is 4.12. The van der Waals surface area contributed by atoms with Gasteiger partial charge < -0.3 is 9.72 Å². The molecular formula is C21H24N4O3S. The van der Waals surface area contributed by atoms with Crippen molar-refractivity contribution in [1.29, 1.82) is 0 Å². The summed E-state index contributed by atoms with van der Waals surface area (Å²) in [5.41, 5.74) is 4.14. The summed E-state index contributed by atoms with van der Waals surface area (Å²) in [6, 6.07) is 7.92. The zero-order chi connectivity index (χ0) is 21.1. The molecular weight excluding hydrogens is 388 g/mol. The number of nitrogens with one attached hydrogen (secondary N) is 1. The Balaban J connectivity index is 1.85. The van der Waals surface area contributed by atoms with Gasteiger partial charge in [-0.3, -0.25) is 9.36 Å². The van der Waals surface area contributed by atoms with Crippen LogP contribution in [0.1, 0.15) is 51.5 Å². The Labute approximate surface area is 173 Å².